The van der Waals surface area contributed by atoms with Crippen molar-refractivity contribution in [1.82, 2.24) is 15.5 Å². The molecule has 1 aliphatic carbocycles. The molecule has 0 radical (unpaired) electrons. The summed E-state index contributed by atoms with van der Waals surface area (Å²) in [6.07, 6.45) is 5.36. The van der Waals surface area contributed by atoms with Crippen molar-refractivity contribution >= 4 is 5.84 Å². The molecule has 0 aromatic rings. The maximum absolute atomic E-state index is 4.85. The highest BCUT2D eigenvalue weighted by Gasteiger charge is 2.31. The quantitative estimate of drug-likeness (QED) is 0.701. The molecule has 2 heterocycles. The predicted molar refractivity (Wildman–Crippen MR) is 65.9 cm³/mol. The Morgan fingerprint density at radius 1 is 1.19 bits per heavy atom. The van der Waals surface area contributed by atoms with Gasteiger partial charge in [-0.05, 0) is 12.8 Å². The first kappa shape index (κ1) is 10.5. The summed E-state index contributed by atoms with van der Waals surface area (Å²) >= 11 is 0. The fraction of sp³-hybridized carbons (Fsp3) is 0.917. The molecule has 0 spiro atoms. The first-order valence-electron chi connectivity index (χ1n) is 6.68. The van der Waals surface area contributed by atoms with E-state index in [1.54, 1.807) is 0 Å². The third-order valence-corrected chi connectivity index (χ3v) is 3.99. The molecule has 2 N–H and O–H groups in total. The van der Waals surface area contributed by atoms with Crippen LogP contribution in [0.4, 0.5) is 0 Å². The van der Waals surface area contributed by atoms with Gasteiger partial charge < -0.3 is 10.6 Å². The lowest BCUT2D eigenvalue weighted by Gasteiger charge is -2.27. The summed E-state index contributed by atoms with van der Waals surface area (Å²) in [5.74, 6) is 1.25. The number of fused-ring (bicyclic) bond motifs is 1. The van der Waals surface area contributed by atoms with Gasteiger partial charge in [-0.25, -0.2) is 0 Å². The average molecular weight is 222 g/mol. The van der Waals surface area contributed by atoms with Crippen LogP contribution in [0.3, 0.4) is 0 Å². The fourth-order valence-corrected chi connectivity index (χ4v) is 3.05. The molecule has 2 unspecified atom stereocenters. The maximum Gasteiger partial charge on any atom is 0.111 e. The van der Waals surface area contributed by atoms with E-state index in [1.807, 2.05) is 0 Å². The number of hydrogen-bond donors (Lipinski definition) is 2. The van der Waals surface area contributed by atoms with Crippen LogP contribution in [0.1, 0.15) is 25.7 Å². The first-order valence-corrected chi connectivity index (χ1v) is 6.68. The van der Waals surface area contributed by atoms with Gasteiger partial charge in [-0.1, -0.05) is 12.8 Å². The third kappa shape index (κ3) is 2.23. The number of nitrogens with zero attached hydrogens (tertiary/aromatic N) is 2. The van der Waals surface area contributed by atoms with Crippen molar-refractivity contribution in [2.75, 3.05) is 32.7 Å². The second-order valence-electron chi connectivity index (χ2n) is 5.20. The second kappa shape index (κ2) is 4.72. The van der Waals surface area contributed by atoms with Crippen molar-refractivity contribution in [2.24, 2.45) is 4.99 Å². The SMILES string of the molecule is C1CCC2NC(CN3CCNCC3)=NC2C1. The highest BCUT2D eigenvalue weighted by molar-refractivity contribution is 5.86. The van der Waals surface area contributed by atoms with Gasteiger partial charge in [-0.2, -0.15) is 0 Å². The molecule has 3 aliphatic rings. The molecule has 2 atom stereocenters. The van der Waals surface area contributed by atoms with E-state index in [0.717, 1.165) is 32.7 Å². The molecule has 0 amide bonds. The van der Waals surface area contributed by atoms with Crippen molar-refractivity contribution in [2.45, 2.75) is 37.8 Å². The predicted octanol–water partition coefficient (Wildman–Crippen LogP) is 0.205. The van der Waals surface area contributed by atoms with E-state index in [4.69, 9.17) is 4.99 Å². The van der Waals surface area contributed by atoms with Gasteiger partial charge in [0, 0.05) is 32.2 Å². The lowest BCUT2D eigenvalue weighted by molar-refractivity contribution is 0.270. The van der Waals surface area contributed by atoms with Crippen LogP contribution in [-0.2, 0) is 0 Å². The normalized spacial score (nSPS) is 35.4. The van der Waals surface area contributed by atoms with Crippen molar-refractivity contribution < 1.29 is 0 Å². The van der Waals surface area contributed by atoms with Gasteiger partial charge in [0.2, 0.25) is 0 Å². The summed E-state index contributed by atoms with van der Waals surface area (Å²) in [4.78, 5) is 7.35. The average Bonchev–Trinajstić information content (AvgIpc) is 2.72. The van der Waals surface area contributed by atoms with Gasteiger partial charge in [0.15, 0.2) is 0 Å². The first-order chi connectivity index (χ1) is 7.92. The van der Waals surface area contributed by atoms with Crippen molar-refractivity contribution in [3.05, 3.63) is 0 Å². The Hall–Kier alpha value is -0.610. The van der Waals surface area contributed by atoms with Gasteiger partial charge in [0.1, 0.15) is 5.84 Å². The van der Waals surface area contributed by atoms with Crippen LogP contribution in [0.2, 0.25) is 0 Å². The molecule has 0 aromatic carbocycles. The summed E-state index contributed by atoms with van der Waals surface area (Å²) in [5, 5.41) is 7.02. The van der Waals surface area contributed by atoms with E-state index in [1.165, 1.54) is 31.5 Å². The Kier molecular flexibility index (Phi) is 3.11. The molecule has 4 nitrogen and oxygen atoms in total. The molecule has 1 saturated carbocycles. The van der Waals surface area contributed by atoms with Crippen molar-refractivity contribution in [3.8, 4) is 0 Å². The summed E-state index contributed by atoms with van der Waals surface area (Å²) in [7, 11) is 0. The van der Waals surface area contributed by atoms with Gasteiger partial charge in [-0.3, -0.25) is 9.89 Å². The Bertz CT molecular complexity index is 270. The zero-order valence-corrected chi connectivity index (χ0v) is 9.91. The van der Waals surface area contributed by atoms with Crippen LogP contribution in [0.25, 0.3) is 0 Å². The van der Waals surface area contributed by atoms with Crippen LogP contribution in [0, 0.1) is 0 Å². The largest absolute Gasteiger partial charge is 0.368 e. The topological polar surface area (TPSA) is 39.7 Å². The molecule has 1 saturated heterocycles. The molecule has 4 heteroatoms. The van der Waals surface area contributed by atoms with Gasteiger partial charge in [0.05, 0.1) is 12.6 Å². The Labute approximate surface area is 97.5 Å². The number of rotatable bonds is 2. The molecule has 2 fully saturated rings. The number of amidine groups is 1. The molecule has 0 bridgehead atoms. The summed E-state index contributed by atoms with van der Waals surface area (Å²) < 4.78 is 0. The van der Waals surface area contributed by atoms with Gasteiger partial charge in [0.25, 0.3) is 0 Å². The van der Waals surface area contributed by atoms with E-state index < -0.39 is 0 Å². The lowest BCUT2D eigenvalue weighted by Crippen LogP contribution is -2.48. The minimum absolute atomic E-state index is 0.590. The van der Waals surface area contributed by atoms with E-state index in [2.05, 4.69) is 15.5 Å². The molecule has 90 valence electrons. The Morgan fingerprint density at radius 2 is 2.00 bits per heavy atom. The third-order valence-electron chi connectivity index (χ3n) is 3.99. The van der Waals surface area contributed by atoms with Gasteiger partial charge >= 0.3 is 0 Å². The van der Waals surface area contributed by atoms with Crippen LogP contribution in [0.15, 0.2) is 4.99 Å². The highest BCUT2D eigenvalue weighted by Crippen LogP contribution is 2.24. The standard InChI is InChI=1S/C12H22N4/c1-2-4-11-10(3-1)14-12(15-11)9-16-7-5-13-6-8-16/h10-11,13H,1-9H2,(H,14,15). The van der Waals surface area contributed by atoms with Crippen LogP contribution in [-0.4, -0.2) is 55.5 Å². The van der Waals surface area contributed by atoms with Gasteiger partial charge in [-0.15, -0.1) is 0 Å². The fourth-order valence-electron chi connectivity index (χ4n) is 3.05. The lowest BCUT2D eigenvalue weighted by atomic mass is 9.92. The minimum atomic E-state index is 0.590. The number of nitrogens with one attached hydrogen (secondary N) is 2. The minimum Gasteiger partial charge on any atom is -0.368 e. The van der Waals surface area contributed by atoms with Crippen molar-refractivity contribution in [3.63, 3.8) is 0 Å². The van der Waals surface area contributed by atoms with Crippen LogP contribution in [0.5, 0.6) is 0 Å². The van der Waals surface area contributed by atoms with E-state index in [9.17, 15) is 0 Å². The molecule has 16 heavy (non-hydrogen) atoms. The molecular formula is C12H22N4. The van der Waals surface area contributed by atoms with Crippen LogP contribution >= 0.6 is 0 Å². The van der Waals surface area contributed by atoms with E-state index >= 15 is 0 Å². The highest BCUT2D eigenvalue weighted by atomic mass is 15.2. The smallest absolute Gasteiger partial charge is 0.111 e. The zero-order valence-electron chi connectivity index (χ0n) is 9.91. The number of aliphatic imine (C=N–C) groups is 1. The maximum atomic E-state index is 4.85. The Balaban J connectivity index is 1.55. The number of hydrogen-bond acceptors (Lipinski definition) is 4. The molecular weight excluding hydrogens is 200 g/mol. The second-order valence-corrected chi connectivity index (χ2v) is 5.20. The summed E-state index contributed by atoms with van der Waals surface area (Å²) in [6.45, 7) is 5.61. The monoisotopic (exact) mass is 222 g/mol. The van der Waals surface area contributed by atoms with Crippen molar-refractivity contribution in [1.29, 1.82) is 0 Å². The number of piperazine rings is 1. The summed E-state index contributed by atoms with van der Waals surface area (Å²) in [5.41, 5.74) is 0. The van der Waals surface area contributed by atoms with E-state index in [-0.39, 0.29) is 0 Å². The van der Waals surface area contributed by atoms with E-state index in [0.29, 0.717) is 12.1 Å². The molecule has 0 aromatic heterocycles. The Morgan fingerprint density at radius 3 is 2.81 bits per heavy atom. The zero-order chi connectivity index (χ0) is 10.8. The van der Waals surface area contributed by atoms with Crippen LogP contribution < -0.4 is 10.6 Å². The molecule has 2 aliphatic heterocycles. The molecule has 3 rings (SSSR count). The summed E-state index contributed by atoms with van der Waals surface area (Å²) in [6, 6.07) is 1.25.